The van der Waals surface area contributed by atoms with Crippen molar-refractivity contribution in [3.63, 3.8) is 0 Å². The van der Waals surface area contributed by atoms with Crippen LogP contribution in [-0.2, 0) is 22.9 Å². The number of nitrogen functional groups attached to an aromatic ring is 1. The number of alkyl halides is 3. The predicted octanol–water partition coefficient (Wildman–Crippen LogP) is 4.64. The van der Waals surface area contributed by atoms with E-state index in [0.717, 1.165) is 22.7 Å². The van der Waals surface area contributed by atoms with Gasteiger partial charge in [-0.05, 0) is 69.4 Å². The third-order valence-electron chi connectivity index (χ3n) is 9.87. The quantitative estimate of drug-likeness (QED) is 0.230. The summed E-state index contributed by atoms with van der Waals surface area (Å²) in [5.41, 5.74) is 6.28. The molecule has 1 aromatic carbocycles. The van der Waals surface area contributed by atoms with Crippen LogP contribution >= 0.6 is 11.6 Å². The van der Waals surface area contributed by atoms with Crippen LogP contribution in [0.15, 0.2) is 41.5 Å². The van der Waals surface area contributed by atoms with Crippen LogP contribution in [0, 0.1) is 13.8 Å². The van der Waals surface area contributed by atoms with Gasteiger partial charge in [0.2, 0.25) is 11.7 Å². The average Bonchev–Trinajstić information content (AvgIpc) is 3.64. The number of amides is 2. The average molecular weight is 737 g/mol. The molecule has 2 amide bonds. The number of carbonyl (C=O) groups is 2. The molecule has 1 atom stereocenters. The molecule has 0 bridgehead atoms. The molecule has 4 N–H and O–H groups in total. The Morgan fingerprint density at radius 1 is 1.12 bits per heavy atom. The van der Waals surface area contributed by atoms with Crippen molar-refractivity contribution in [1.82, 2.24) is 39.0 Å². The summed E-state index contributed by atoms with van der Waals surface area (Å²) in [6.45, 7) is 5.39. The first-order chi connectivity index (χ1) is 24.6. The number of rotatable bonds is 5. The Balaban J connectivity index is 1.29. The first-order valence-electron chi connectivity index (χ1n) is 16.3. The molecular formula is C34H32ClF3N10O4. The molecule has 4 aromatic heterocycles. The van der Waals surface area contributed by atoms with E-state index in [1.807, 2.05) is 6.92 Å². The summed E-state index contributed by atoms with van der Waals surface area (Å²) in [5.74, 6) is -1.34. The number of halogens is 4. The normalized spacial score (nSPS) is 16.8. The van der Waals surface area contributed by atoms with Crippen molar-refractivity contribution in [2.75, 3.05) is 24.1 Å². The lowest BCUT2D eigenvalue weighted by molar-refractivity contribution is -0.137. The minimum atomic E-state index is -4.62. The van der Waals surface area contributed by atoms with E-state index in [-0.39, 0.29) is 70.8 Å². The van der Waals surface area contributed by atoms with Crippen molar-refractivity contribution < 1.29 is 27.9 Å². The van der Waals surface area contributed by atoms with Gasteiger partial charge >= 0.3 is 6.18 Å². The Bertz CT molecular complexity index is 2350. The molecule has 270 valence electrons. The van der Waals surface area contributed by atoms with Gasteiger partial charge < -0.3 is 25.6 Å². The first kappa shape index (κ1) is 34.9. The monoisotopic (exact) mass is 736 g/mol. The number of aromatic hydroxyl groups is 1. The lowest BCUT2D eigenvalue weighted by Crippen LogP contribution is -2.46. The van der Waals surface area contributed by atoms with Crippen molar-refractivity contribution in [2.45, 2.75) is 64.1 Å². The van der Waals surface area contributed by atoms with Gasteiger partial charge in [0.05, 0.1) is 27.5 Å². The number of aryl methyl sites for hydroxylation is 2. The van der Waals surface area contributed by atoms with Gasteiger partial charge in [0, 0.05) is 35.5 Å². The number of nitrogens with two attached hydrogens (primary N) is 1. The zero-order chi connectivity index (χ0) is 37.3. The number of aromatic nitrogens is 7. The lowest BCUT2D eigenvalue weighted by atomic mass is 9.73. The maximum Gasteiger partial charge on any atom is 0.416 e. The summed E-state index contributed by atoms with van der Waals surface area (Å²) in [6.07, 6.45) is -2.09. The Hall–Kier alpha value is -5.58. The van der Waals surface area contributed by atoms with Gasteiger partial charge in [-0.15, -0.1) is 5.10 Å². The van der Waals surface area contributed by atoms with Gasteiger partial charge in [-0.2, -0.15) is 22.7 Å². The van der Waals surface area contributed by atoms with Gasteiger partial charge in [-0.25, -0.2) is 15.0 Å². The van der Waals surface area contributed by atoms with E-state index in [9.17, 15) is 32.7 Å². The summed E-state index contributed by atoms with van der Waals surface area (Å²) in [7, 11) is 0. The number of benzene rings is 1. The van der Waals surface area contributed by atoms with E-state index in [1.165, 1.54) is 6.33 Å². The van der Waals surface area contributed by atoms with Crippen LogP contribution in [0.5, 0.6) is 5.75 Å². The van der Waals surface area contributed by atoms with Crippen LogP contribution in [0.3, 0.4) is 0 Å². The first-order valence-corrected chi connectivity index (χ1v) is 16.7. The van der Waals surface area contributed by atoms with E-state index in [1.54, 1.807) is 35.4 Å². The molecule has 0 radical (unpaired) electrons. The van der Waals surface area contributed by atoms with Crippen LogP contribution in [0.2, 0.25) is 5.02 Å². The fourth-order valence-electron chi connectivity index (χ4n) is 7.40. The van der Waals surface area contributed by atoms with Gasteiger partial charge in [-0.3, -0.25) is 14.4 Å². The molecule has 1 aliphatic heterocycles. The maximum atomic E-state index is 14.5. The Kier molecular flexibility index (Phi) is 8.43. The van der Waals surface area contributed by atoms with Crippen molar-refractivity contribution in [1.29, 1.82) is 0 Å². The van der Waals surface area contributed by atoms with Crippen LogP contribution in [-0.4, -0.2) is 69.0 Å². The van der Waals surface area contributed by atoms with Crippen molar-refractivity contribution in [3.05, 3.63) is 85.9 Å². The number of hydrogen-bond acceptors (Lipinski definition) is 10. The highest BCUT2D eigenvalue weighted by atomic mass is 35.5. The molecule has 1 saturated heterocycles. The van der Waals surface area contributed by atoms with Crippen molar-refractivity contribution >= 4 is 40.7 Å². The molecule has 1 aliphatic carbocycles. The molecule has 14 nitrogen and oxygen atoms in total. The highest BCUT2D eigenvalue weighted by Crippen LogP contribution is 2.50. The fraction of sp³-hybridized carbons (Fsp3) is 0.353. The van der Waals surface area contributed by atoms with Crippen LogP contribution < -0.4 is 16.6 Å². The third kappa shape index (κ3) is 5.87. The second-order valence-corrected chi connectivity index (χ2v) is 13.7. The standard InChI is InChI=1S/C34H32ClF3N10O4/c1-16-13-33(8-10-46(11-9-33)31(52)25-27(50)18(3)40-15-41-25)24-26(16)47(14-23(49)43-22-7-5-19(12-21(22)35)34(36,37)38)32-44-29(45-48(32)30(24)51)20-6-4-17(2)42-28(20)39/h4-7,12,15-16,50H,8-11,13-14H2,1-3H3,(H2,39,42)(H,43,49). The number of nitrogens with one attached hydrogen (secondary N) is 1. The number of piperidine rings is 1. The van der Waals surface area contributed by atoms with E-state index in [0.29, 0.717) is 41.8 Å². The van der Waals surface area contributed by atoms with E-state index in [2.05, 4.69) is 30.4 Å². The molecule has 5 aromatic rings. The summed E-state index contributed by atoms with van der Waals surface area (Å²) < 4.78 is 42.5. The molecule has 52 heavy (non-hydrogen) atoms. The molecule has 1 unspecified atom stereocenters. The van der Waals surface area contributed by atoms with E-state index >= 15 is 0 Å². The summed E-state index contributed by atoms with van der Waals surface area (Å²) in [6, 6.07) is 6.03. The SMILES string of the molecule is Cc1ccc(-c2nc3n(CC(=O)Nc4ccc(C(F)(F)F)cc4Cl)c4c(c(=O)n3n2)C2(CCN(C(=O)c3ncnc(C)c3O)CC2)CC4C)c(N)n1. The Morgan fingerprint density at radius 3 is 2.52 bits per heavy atom. The van der Waals surface area contributed by atoms with Crippen LogP contribution in [0.4, 0.5) is 24.7 Å². The van der Waals surface area contributed by atoms with Gasteiger partial charge in [0.1, 0.15) is 18.7 Å². The predicted molar refractivity (Wildman–Crippen MR) is 183 cm³/mol. The zero-order valence-electron chi connectivity index (χ0n) is 28.1. The topological polar surface area (TPSA) is 187 Å². The molecule has 2 aliphatic rings. The second kappa shape index (κ2) is 12.6. The van der Waals surface area contributed by atoms with Gasteiger partial charge in [0.15, 0.2) is 17.3 Å². The number of hydrogen-bond donors (Lipinski definition) is 3. The summed E-state index contributed by atoms with van der Waals surface area (Å²) >= 11 is 6.14. The smallest absolute Gasteiger partial charge is 0.416 e. The molecule has 1 spiro atoms. The Labute approximate surface area is 298 Å². The van der Waals surface area contributed by atoms with Crippen molar-refractivity contribution in [3.8, 4) is 17.1 Å². The molecule has 5 heterocycles. The highest BCUT2D eigenvalue weighted by molar-refractivity contribution is 6.33. The van der Waals surface area contributed by atoms with Crippen LogP contribution in [0.25, 0.3) is 17.2 Å². The number of anilines is 2. The molecule has 1 fully saturated rings. The van der Waals surface area contributed by atoms with Gasteiger partial charge in [0.25, 0.3) is 11.5 Å². The number of carbonyl (C=O) groups excluding carboxylic acids is 2. The Morgan fingerprint density at radius 2 is 1.85 bits per heavy atom. The lowest BCUT2D eigenvalue weighted by Gasteiger charge is -2.39. The van der Waals surface area contributed by atoms with Gasteiger partial charge in [-0.1, -0.05) is 18.5 Å². The highest BCUT2D eigenvalue weighted by Gasteiger charge is 2.49. The summed E-state index contributed by atoms with van der Waals surface area (Å²) in [4.78, 5) is 60.0. The van der Waals surface area contributed by atoms with E-state index in [4.69, 9.17) is 17.3 Å². The third-order valence-corrected chi connectivity index (χ3v) is 10.2. The maximum absolute atomic E-state index is 14.5. The zero-order valence-corrected chi connectivity index (χ0v) is 28.9. The number of pyridine rings is 1. The second-order valence-electron chi connectivity index (χ2n) is 13.3. The van der Waals surface area contributed by atoms with E-state index < -0.39 is 34.5 Å². The number of likely N-dealkylation sites (tertiary alicyclic amines) is 1. The number of nitrogens with zero attached hydrogens (tertiary/aromatic N) is 8. The minimum Gasteiger partial charge on any atom is -0.504 e. The largest absolute Gasteiger partial charge is 0.504 e. The minimum absolute atomic E-state index is 0.0273. The number of fused-ring (bicyclic) bond motifs is 3. The fourth-order valence-corrected chi connectivity index (χ4v) is 7.62. The molecule has 0 saturated carbocycles. The van der Waals surface area contributed by atoms with Crippen molar-refractivity contribution in [2.24, 2.45) is 0 Å². The molecular weight excluding hydrogens is 705 g/mol. The molecule has 7 rings (SSSR count). The summed E-state index contributed by atoms with van der Waals surface area (Å²) in [5, 5.41) is 17.3. The van der Waals surface area contributed by atoms with Crippen LogP contribution in [0.1, 0.15) is 70.8 Å². The molecule has 18 heteroatoms.